The lowest BCUT2D eigenvalue weighted by Crippen LogP contribution is -2.46. The monoisotopic (exact) mass is 300 g/mol. The van der Waals surface area contributed by atoms with Gasteiger partial charge in [0.2, 0.25) is 0 Å². The van der Waals surface area contributed by atoms with Gasteiger partial charge in [0.15, 0.2) is 6.29 Å². The summed E-state index contributed by atoms with van der Waals surface area (Å²) in [6.07, 6.45) is 2.30. The average molecular weight is 300 g/mol. The number of carbonyl (C=O) groups excluding carboxylic acids is 1. The number of aliphatic imine (C=N–C) groups is 1. The third-order valence-corrected chi connectivity index (χ3v) is 4.80. The average Bonchev–Trinajstić information content (AvgIpc) is 2.72. The van der Waals surface area contributed by atoms with Crippen LogP contribution in [0, 0.1) is 0 Å². The van der Waals surface area contributed by atoms with E-state index in [9.17, 15) is 13.2 Å². The summed E-state index contributed by atoms with van der Waals surface area (Å²) in [5.41, 5.74) is 8.90. The molecule has 1 aliphatic heterocycles. The number of hydrazine groups is 1. The lowest BCUT2D eigenvalue weighted by Gasteiger charge is -2.27. The van der Waals surface area contributed by atoms with E-state index >= 15 is 0 Å². The van der Waals surface area contributed by atoms with E-state index in [1.54, 1.807) is 6.08 Å². The van der Waals surface area contributed by atoms with Crippen LogP contribution in [0.5, 0.6) is 0 Å². The van der Waals surface area contributed by atoms with E-state index in [2.05, 4.69) is 4.99 Å². The van der Waals surface area contributed by atoms with E-state index < -0.39 is 22.4 Å². The van der Waals surface area contributed by atoms with Crippen LogP contribution in [0.25, 0.3) is 0 Å². The first-order valence-electron chi connectivity index (χ1n) is 5.76. The van der Waals surface area contributed by atoms with Gasteiger partial charge in [-0.1, -0.05) is 6.08 Å². The van der Waals surface area contributed by atoms with Crippen molar-refractivity contribution < 1.29 is 13.2 Å². The molecule has 0 aromatic rings. The number of nitrogens with zero attached hydrogens (tertiary/aromatic N) is 3. The highest BCUT2D eigenvalue weighted by Gasteiger charge is 2.39. The van der Waals surface area contributed by atoms with Crippen LogP contribution in [0.2, 0.25) is 0 Å². The minimum atomic E-state index is -3.74. The minimum Gasteiger partial charge on any atom is -0.292 e. The maximum atomic E-state index is 12.2. The molecule has 0 saturated carbocycles. The second kappa shape index (κ2) is 4.98. The molecule has 1 atom stereocenters. The number of rotatable bonds is 3. The van der Waals surface area contributed by atoms with Gasteiger partial charge in [-0.25, -0.2) is 15.1 Å². The molecule has 0 bridgehead atoms. The van der Waals surface area contributed by atoms with E-state index in [-0.39, 0.29) is 6.42 Å². The molecule has 5 N–H and O–H groups in total. The van der Waals surface area contributed by atoms with Gasteiger partial charge in [-0.3, -0.25) is 16.0 Å². The van der Waals surface area contributed by atoms with Gasteiger partial charge in [-0.15, -0.1) is 0 Å². The fraction of sp³-hybridized carbons (Fsp3) is 0.400. The summed E-state index contributed by atoms with van der Waals surface area (Å²) in [6.45, 7) is 0. The smallest absolute Gasteiger partial charge is 0.292 e. The molecule has 0 aromatic heterocycles. The van der Waals surface area contributed by atoms with Crippen LogP contribution in [0.3, 0.4) is 0 Å². The van der Waals surface area contributed by atoms with Gasteiger partial charge in [-0.2, -0.15) is 12.7 Å². The standard InChI is InChI=1S/C10H16N6O3S/c1-15(2)20(18,19)16-8-4-3-6(9(17)14-12)5-7(8)13-10(16)11/h4-5,10H,3,11-12H2,1-2H3,(H,14,17). The van der Waals surface area contributed by atoms with Gasteiger partial charge in [0.05, 0.1) is 11.4 Å². The molecule has 0 aromatic carbocycles. The number of carbonyl (C=O) groups is 1. The van der Waals surface area contributed by atoms with Crippen molar-refractivity contribution in [3.05, 3.63) is 23.4 Å². The van der Waals surface area contributed by atoms with E-state index in [0.717, 1.165) is 8.61 Å². The van der Waals surface area contributed by atoms with Crippen LogP contribution in [0.15, 0.2) is 28.4 Å². The molecule has 110 valence electrons. The lowest BCUT2D eigenvalue weighted by molar-refractivity contribution is -0.117. The summed E-state index contributed by atoms with van der Waals surface area (Å²) in [5.74, 6) is 4.63. The zero-order valence-corrected chi connectivity index (χ0v) is 11.9. The largest absolute Gasteiger partial charge is 0.306 e. The predicted molar refractivity (Wildman–Crippen MR) is 73.0 cm³/mol. The molecular formula is C10H16N6O3S. The molecule has 1 unspecified atom stereocenters. The van der Waals surface area contributed by atoms with Gasteiger partial charge in [-0.05, 0) is 12.5 Å². The summed E-state index contributed by atoms with van der Waals surface area (Å²) >= 11 is 0. The van der Waals surface area contributed by atoms with Crippen molar-refractivity contribution in [2.24, 2.45) is 16.6 Å². The molecule has 10 heteroatoms. The van der Waals surface area contributed by atoms with Gasteiger partial charge in [0, 0.05) is 19.7 Å². The van der Waals surface area contributed by atoms with E-state index in [1.165, 1.54) is 20.2 Å². The van der Waals surface area contributed by atoms with Crippen molar-refractivity contribution in [1.29, 1.82) is 0 Å². The quantitative estimate of drug-likeness (QED) is 0.315. The molecule has 2 rings (SSSR count). The molecule has 1 amide bonds. The number of allylic oxidation sites excluding steroid dienone is 2. The molecule has 2 aliphatic rings. The molecule has 1 heterocycles. The number of nitrogens with one attached hydrogen (secondary N) is 1. The predicted octanol–water partition coefficient (Wildman–Crippen LogP) is -2.00. The summed E-state index contributed by atoms with van der Waals surface area (Å²) < 4.78 is 26.5. The Morgan fingerprint density at radius 3 is 2.75 bits per heavy atom. The number of hydrogen-bond acceptors (Lipinski definition) is 6. The van der Waals surface area contributed by atoms with E-state index in [4.69, 9.17) is 11.6 Å². The molecular weight excluding hydrogens is 284 g/mol. The summed E-state index contributed by atoms with van der Waals surface area (Å²) in [5, 5.41) is 0. The summed E-state index contributed by atoms with van der Waals surface area (Å²) in [4.78, 5) is 15.5. The fourth-order valence-corrected chi connectivity index (χ4v) is 3.03. The van der Waals surface area contributed by atoms with Crippen LogP contribution in [0.1, 0.15) is 6.42 Å². The Balaban J connectivity index is 2.37. The van der Waals surface area contributed by atoms with E-state index in [0.29, 0.717) is 17.0 Å². The lowest BCUT2D eigenvalue weighted by atomic mass is 10.0. The molecule has 0 saturated heterocycles. The summed E-state index contributed by atoms with van der Waals surface area (Å²) in [6, 6.07) is 0. The maximum absolute atomic E-state index is 12.2. The Morgan fingerprint density at radius 2 is 2.20 bits per heavy atom. The highest BCUT2D eigenvalue weighted by Crippen LogP contribution is 2.29. The normalized spacial score (nSPS) is 22.1. The Hall–Kier alpha value is -1.75. The Bertz CT molecular complexity index is 633. The van der Waals surface area contributed by atoms with Crippen molar-refractivity contribution in [1.82, 2.24) is 14.0 Å². The highest BCUT2D eigenvalue weighted by atomic mass is 32.2. The zero-order chi connectivity index (χ0) is 15.1. The second-order valence-corrected chi connectivity index (χ2v) is 6.47. The summed E-state index contributed by atoms with van der Waals surface area (Å²) in [7, 11) is -0.917. The van der Waals surface area contributed by atoms with Crippen LogP contribution >= 0.6 is 0 Å². The van der Waals surface area contributed by atoms with Crippen molar-refractivity contribution in [2.45, 2.75) is 12.7 Å². The SMILES string of the molecule is CN(C)S(=O)(=O)N1C2=CCC(C(=O)NN)=CC2=NC1N. The number of fused-ring (bicyclic) bond motifs is 1. The van der Waals surface area contributed by atoms with Gasteiger partial charge < -0.3 is 0 Å². The van der Waals surface area contributed by atoms with Crippen molar-refractivity contribution >= 4 is 21.8 Å². The third kappa shape index (κ3) is 2.22. The van der Waals surface area contributed by atoms with Crippen LogP contribution < -0.4 is 17.0 Å². The zero-order valence-electron chi connectivity index (χ0n) is 11.1. The highest BCUT2D eigenvalue weighted by molar-refractivity contribution is 7.86. The second-order valence-electron chi connectivity index (χ2n) is 4.45. The van der Waals surface area contributed by atoms with Crippen molar-refractivity contribution in [3.8, 4) is 0 Å². The van der Waals surface area contributed by atoms with Gasteiger partial charge in [0.25, 0.3) is 5.91 Å². The fourth-order valence-electron chi connectivity index (χ4n) is 1.94. The van der Waals surface area contributed by atoms with Crippen molar-refractivity contribution in [3.63, 3.8) is 0 Å². The number of hydrogen-bond donors (Lipinski definition) is 3. The minimum absolute atomic E-state index is 0.254. The molecule has 0 spiro atoms. The first kappa shape index (κ1) is 14.7. The molecule has 20 heavy (non-hydrogen) atoms. The van der Waals surface area contributed by atoms with Crippen LogP contribution in [-0.4, -0.2) is 49.0 Å². The first-order valence-corrected chi connectivity index (χ1v) is 7.16. The number of amides is 1. The van der Waals surface area contributed by atoms with Crippen LogP contribution in [0.4, 0.5) is 0 Å². The number of nitrogens with two attached hydrogens (primary N) is 2. The van der Waals surface area contributed by atoms with E-state index in [1.807, 2.05) is 5.43 Å². The van der Waals surface area contributed by atoms with Gasteiger partial charge in [0.1, 0.15) is 0 Å². The molecule has 9 nitrogen and oxygen atoms in total. The topological polar surface area (TPSA) is 134 Å². The van der Waals surface area contributed by atoms with Gasteiger partial charge >= 0.3 is 10.2 Å². The first-order chi connectivity index (χ1) is 9.28. The van der Waals surface area contributed by atoms with Crippen molar-refractivity contribution in [2.75, 3.05) is 14.1 Å². The van der Waals surface area contributed by atoms with Crippen LogP contribution in [-0.2, 0) is 15.0 Å². The Morgan fingerprint density at radius 1 is 1.55 bits per heavy atom. The maximum Gasteiger partial charge on any atom is 0.306 e. The molecule has 0 fully saturated rings. The molecule has 1 aliphatic carbocycles. The molecule has 0 radical (unpaired) electrons. The Kier molecular flexibility index (Phi) is 3.65. The Labute approximate surface area is 116 Å². The third-order valence-electron chi connectivity index (χ3n) is 2.97.